The number of rotatable bonds is 3. The van der Waals surface area contributed by atoms with Gasteiger partial charge in [0.05, 0.1) is 23.0 Å². The lowest BCUT2D eigenvalue weighted by atomic mass is 10.1. The second-order valence-electron chi connectivity index (χ2n) is 6.01. The maximum atomic E-state index is 13.6. The van der Waals surface area contributed by atoms with E-state index in [1.807, 2.05) is 30.5 Å². The molecule has 0 aliphatic heterocycles. The molecule has 0 aliphatic carbocycles. The van der Waals surface area contributed by atoms with Gasteiger partial charge in [0.15, 0.2) is 0 Å². The highest BCUT2D eigenvalue weighted by Crippen LogP contribution is 2.28. The number of aromatic nitrogens is 2. The van der Waals surface area contributed by atoms with Gasteiger partial charge in [-0.25, -0.2) is 9.37 Å². The molecule has 0 radical (unpaired) electrons. The molecule has 0 aliphatic rings. The smallest absolute Gasteiger partial charge is 0.141 e. The van der Waals surface area contributed by atoms with Crippen LogP contribution >= 0.6 is 0 Å². The highest BCUT2D eigenvalue weighted by atomic mass is 19.1. The van der Waals surface area contributed by atoms with Gasteiger partial charge in [0.1, 0.15) is 11.6 Å². The molecule has 0 bridgehead atoms. The van der Waals surface area contributed by atoms with Crippen LogP contribution in [0.1, 0.15) is 18.1 Å². The summed E-state index contributed by atoms with van der Waals surface area (Å²) >= 11 is 0. The minimum Gasteiger partial charge on any atom is -0.323 e. The fourth-order valence-corrected chi connectivity index (χ4v) is 2.73. The molecule has 0 spiro atoms. The molecule has 3 rings (SSSR count). The summed E-state index contributed by atoms with van der Waals surface area (Å²) in [5.74, 6) is 0.259. The first-order valence-corrected chi connectivity index (χ1v) is 7.62. The predicted octanol–water partition coefficient (Wildman–Crippen LogP) is 4.62. The van der Waals surface area contributed by atoms with Crippen LogP contribution < -0.4 is 0 Å². The molecule has 1 unspecified atom stereocenters. The lowest BCUT2D eigenvalue weighted by Gasteiger charge is -2.11. The van der Waals surface area contributed by atoms with Crippen LogP contribution in [-0.4, -0.2) is 9.55 Å². The van der Waals surface area contributed by atoms with Gasteiger partial charge >= 0.3 is 0 Å². The van der Waals surface area contributed by atoms with E-state index >= 15 is 0 Å². The van der Waals surface area contributed by atoms with E-state index in [4.69, 9.17) is 10.2 Å². The molecule has 3 nitrogen and oxygen atoms in total. The van der Waals surface area contributed by atoms with Crippen molar-refractivity contribution in [3.8, 4) is 17.5 Å². The van der Waals surface area contributed by atoms with E-state index in [0.717, 1.165) is 16.6 Å². The van der Waals surface area contributed by atoms with Crippen molar-refractivity contribution in [2.45, 2.75) is 27.3 Å². The fourth-order valence-electron chi connectivity index (χ4n) is 2.73. The van der Waals surface area contributed by atoms with Gasteiger partial charge < -0.3 is 4.57 Å². The third-order valence-electron chi connectivity index (χ3n) is 4.12. The highest BCUT2D eigenvalue weighted by Gasteiger charge is 2.16. The number of fused-ring (bicyclic) bond motifs is 1. The number of imidazole rings is 1. The number of benzene rings is 2. The first-order valence-electron chi connectivity index (χ1n) is 7.62. The zero-order valence-corrected chi connectivity index (χ0v) is 13.5. The largest absolute Gasteiger partial charge is 0.323 e. The summed E-state index contributed by atoms with van der Waals surface area (Å²) < 4.78 is 15.6. The molecule has 116 valence electrons. The Kier molecular flexibility index (Phi) is 3.87. The molecule has 0 saturated heterocycles. The van der Waals surface area contributed by atoms with Gasteiger partial charge in [-0.3, -0.25) is 0 Å². The van der Waals surface area contributed by atoms with Crippen molar-refractivity contribution in [1.29, 1.82) is 5.26 Å². The van der Waals surface area contributed by atoms with Crippen molar-refractivity contribution in [3.05, 3.63) is 53.3 Å². The summed E-state index contributed by atoms with van der Waals surface area (Å²) in [6.45, 7) is 6.51. The van der Waals surface area contributed by atoms with Gasteiger partial charge in [0.2, 0.25) is 0 Å². The second kappa shape index (κ2) is 5.85. The van der Waals surface area contributed by atoms with Gasteiger partial charge in [-0.15, -0.1) is 0 Å². The van der Waals surface area contributed by atoms with E-state index < -0.39 is 0 Å². The third kappa shape index (κ3) is 2.83. The molecule has 1 atom stereocenters. The molecule has 0 fully saturated rings. The van der Waals surface area contributed by atoms with E-state index in [9.17, 15) is 4.39 Å². The van der Waals surface area contributed by atoms with Crippen molar-refractivity contribution in [2.75, 3.05) is 0 Å². The SMILES string of the molecule is Cc1cc2nc(-c3cccc(F)c3)n(CC(C)C#N)c2cc1C. The zero-order valence-electron chi connectivity index (χ0n) is 13.5. The second-order valence-corrected chi connectivity index (χ2v) is 6.01. The van der Waals surface area contributed by atoms with Crippen LogP contribution in [0.4, 0.5) is 4.39 Å². The molecular weight excluding hydrogens is 289 g/mol. The number of hydrogen-bond acceptors (Lipinski definition) is 2. The Hall–Kier alpha value is -2.67. The fraction of sp³-hybridized carbons (Fsp3) is 0.263. The Morgan fingerprint density at radius 1 is 1.22 bits per heavy atom. The normalized spacial score (nSPS) is 12.3. The molecule has 1 heterocycles. The zero-order chi connectivity index (χ0) is 16.6. The lowest BCUT2D eigenvalue weighted by molar-refractivity contribution is 0.596. The van der Waals surface area contributed by atoms with Crippen molar-refractivity contribution in [3.63, 3.8) is 0 Å². The molecule has 0 amide bonds. The first kappa shape index (κ1) is 15.2. The average molecular weight is 307 g/mol. The van der Waals surface area contributed by atoms with E-state index in [-0.39, 0.29) is 11.7 Å². The van der Waals surface area contributed by atoms with Crippen LogP contribution in [-0.2, 0) is 6.54 Å². The molecule has 3 aromatic rings. The minimum atomic E-state index is -0.290. The Balaban J connectivity index is 2.27. The van der Waals surface area contributed by atoms with Crippen LogP contribution in [0.5, 0.6) is 0 Å². The number of aryl methyl sites for hydroxylation is 2. The maximum absolute atomic E-state index is 13.6. The molecule has 0 saturated carbocycles. The standard InChI is InChI=1S/C19H18FN3/c1-12(10-21)11-23-18-8-14(3)13(2)7-17(18)22-19(23)15-5-4-6-16(20)9-15/h4-9,12H,11H2,1-3H3. The van der Waals surface area contributed by atoms with E-state index in [1.54, 1.807) is 6.07 Å². The topological polar surface area (TPSA) is 41.6 Å². The van der Waals surface area contributed by atoms with E-state index in [0.29, 0.717) is 12.4 Å². The van der Waals surface area contributed by atoms with Crippen LogP contribution in [0.2, 0.25) is 0 Å². The van der Waals surface area contributed by atoms with Gasteiger partial charge in [-0.05, 0) is 56.2 Å². The van der Waals surface area contributed by atoms with Crippen molar-refractivity contribution in [1.82, 2.24) is 9.55 Å². The first-order chi connectivity index (χ1) is 11.0. The Morgan fingerprint density at radius 2 is 1.96 bits per heavy atom. The highest BCUT2D eigenvalue weighted by molar-refractivity contribution is 5.82. The monoisotopic (exact) mass is 307 g/mol. The van der Waals surface area contributed by atoms with Gasteiger partial charge in [-0.1, -0.05) is 12.1 Å². The average Bonchev–Trinajstić information content (AvgIpc) is 2.85. The molecule has 0 N–H and O–H groups in total. The van der Waals surface area contributed by atoms with Crippen LogP contribution in [0.3, 0.4) is 0 Å². The summed E-state index contributed by atoms with van der Waals surface area (Å²) in [4.78, 5) is 4.70. The molecule has 2 aromatic carbocycles. The van der Waals surface area contributed by atoms with Gasteiger partial charge in [0.25, 0.3) is 0 Å². The Bertz CT molecular complexity index is 918. The number of halogens is 1. The number of hydrogen-bond donors (Lipinski definition) is 0. The lowest BCUT2D eigenvalue weighted by Crippen LogP contribution is -2.07. The van der Waals surface area contributed by atoms with Crippen molar-refractivity contribution < 1.29 is 4.39 Å². The quantitative estimate of drug-likeness (QED) is 0.708. The van der Waals surface area contributed by atoms with Crippen molar-refractivity contribution in [2.24, 2.45) is 5.92 Å². The van der Waals surface area contributed by atoms with Crippen molar-refractivity contribution >= 4 is 11.0 Å². The molecule has 4 heteroatoms. The molecule has 23 heavy (non-hydrogen) atoms. The molecule has 1 aromatic heterocycles. The van der Waals surface area contributed by atoms with E-state index in [2.05, 4.69) is 19.1 Å². The number of nitriles is 1. The minimum absolute atomic E-state index is 0.152. The summed E-state index contributed by atoms with van der Waals surface area (Å²) in [7, 11) is 0. The van der Waals surface area contributed by atoms with Crippen LogP contribution in [0, 0.1) is 36.9 Å². The van der Waals surface area contributed by atoms with Gasteiger partial charge in [0, 0.05) is 12.1 Å². The third-order valence-corrected chi connectivity index (χ3v) is 4.12. The van der Waals surface area contributed by atoms with E-state index in [1.165, 1.54) is 23.3 Å². The Morgan fingerprint density at radius 3 is 2.65 bits per heavy atom. The number of nitrogens with zero attached hydrogens (tertiary/aromatic N) is 3. The summed E-state index contributed by atoms with van der Waals surface area (Å²) in [6, 6.07) is 12.8. The van der Waals surface area contributed by atoms with Crippen LogP contribution in [0.15, 0.2) is 36.4 Å². The summed E-state index contributed by atoms with van der Waals surface area (Å²) in [6.07, 6.45) is 0. The summed E-state index contributed by atoms with van der Waals surface area (Å²) in [5, 5.41) is 9.17. The Labute approximate surface area is 135 Å². The summed E-state index contributed by atoms with van der Waals surface area (Å²) in [5.41, 5.74) is 4.92. The van der Waals surface area contributed by atoms with Gasteiger partial charge in [-0.2, -0.15) is 5.26 Å². The predicted molar refractivity (Wildman–Crippen MR) is 89.4 cm³/mol. The molecular formula is C19H18FN3. The van der Waals surface area contributed by atoms with Crippen LogP contribution in [0.25, 0.3) is 22.4 Å². The maximum Gasteiger partial charge on any atom is 0.141 e.